The standard InChI is InChI=1S/C11H10F5NO4/c1-19-7-3-2-6(4-8(7)21-9(12)13)17-10(18)20-5-11(14,15)16/h2-4,9H,5H2,1H3,(H,17,18). The molecule has 0 atom stereocenters. The molecule has 0 unspecified atom stereocenters. The minimum atomic E-state index is -4.67. The van der Waals surface area contributed by atoms with Gasteiger partial charge in [-0.3, -0.25) is 5.32 Å². The molecule has 0 saturated heterocycles. The Morgan fingerprint density at radius 3 is 2.48 bits per heavy atom. The number of halogens is 5. The van der Waals surface area contributed by atoms with Gasteiger partial charge in [0.15, 0.2) is 18.1 Å². The fourth-order valence-corrected chi connectivity index (χ4v) is 1.24. The van der Waals surface area contributed by atoms with Crippen LogP contribution in [0.15, 0.2) is 18.2 Å². The highest BCUT2D eigenvalue weighted by Gasteiger charge is 2.29. The predicted molar refractivity (Wildman–Crippen MR) is 60.7 cm³/mol. The van der Waals surface area contributed by atoms with E-state index in [9.17, 15) is 26.7 Å². The lowest BCUT2D eigenvalue weighted by Crippen LogP contribution is -2.23. The molecule has 1 N–H and O–H groups in total. The Balaban J connectivity index is 2.73. The van der Waals surface area contributed by atoms with Crippen molar-refractivity contribution < 1.29 is 41.0 Å². The summed E-state index contributed by atoms with van der Waals surface area (Å²) in [6.07, 6.45) is -6.05. The molecule has 1 rings (SSSR count). The number of carbonyl (C=O) groups excluding carboxylic acids is 1. The number of ether oxygens (including phenoxy) is 3. The van der Waals surface area contributed by atoms with Gasteiger partial charge in [-0.1, -0.05) is 0 Å². The first-order valence-corrected chi connectivity index (χ1v) is 5.34. The van der Waals surface area contributed by atoms with Crippen molar-refractivity contribution in [1.29, 1.82) is 0 Å². The maximum absolute atomic E-state index is 12.2. The second-order valence-electron chi connectivity index (χ2n) is 3.56. The van der Waals surface area contributed by atoms with Gasteiger partial charge in [-0.15, -0.1) is 0 Å². The Bertz CT molecular complexity index is 492. The molecule has 0 aromatic heterocycles. The first-order chi connectivity index (χ1) is 9.71. The molecular weight excluding hydrogens is 305 g/mol. The number of hydrogen-bond acceptors (Lipinski definition) is 4. The molecule has 0 aliphatic rings. The van der Waals surface area contributed by atoms with Gasteiger partial charge in [-0.2, -0.15) is 22.0 Å². The molecule has 1 aromatic carbocycles. The zero-order chi connectivity index (χ0) is 16.0. The van der Waals surface area contributed by atoms with Gasteiger partial charge in [0, 0.05) is 11.8 Å². The molecule has 10 heteroatoms. The number of hydrogen-bond donors (Lipinski definition) is 1. The SMILES string of the molecule is COc1ccc(NC(=O)OCC(F)(F)F)cc1OC(F)F. The molecule has 1 amide bonds. The van der Waals surface area contributed by atoms with E-state index in [2.05, 4.69) is 9.47 Å². The minimum Gasteiger partial charge on any atom is -0.493 e. The topological polar surface area (TPSA) is 56.8 Å². The van der Waals surface area contributed by atoms with Crippen LogP contribution >= 0.6 is 0 Å². The van der Waals surface area contributed by atoms with Gasteiger partial charge in [0.25, 0.3) is 0 Å². The number of carbonyl (C=O) groups is 1. The van der Waals surface area contributed by atoms with E-state index in [0.717, 1.165) is 6.07 Å². The van der Waals surface area contributed by atoms with Gasteiger partial charge >= 0.3 is 18.9 Å². The molecule has 1 aromatic rings. The lowest BCUT2D eigenvalue weighted by molar-refractivity contribution is -0.159. The van der Waals surface area contributed by atoms with Gasteiger partial charge < -0.3 is 14.2 Å². The summed E-state index contributed by atoms with van der Waals surface area (Å²) in [6.45, 7) is -4.90. The monoisotopic (exact) mass is 315 g/mol. The maximum Gasteiger partial charge on any atom is 0.422 e. The molecule has 0 aliphatic heterocycles. The van der Waals surface area contributed by atoms with Gasteiger partial charge in [0.05, 0.1) is 7.11 Å². The number of alkyl halides is 5. The van der Waals surface area contributed by atoms with Crippen LogP contribution in [0.3, 0.4) is 0 Å². The molecule has 0 heterocycles. The summed E-state index contributed by atoms with van der Waals surface area (Å²) >= 11 is 0. The normalized spacial score (nSPS) is 11.2. The second-order valence-corrected chi connectivity index (χ2v) is 3.56. The zero-order valence-corrected chi connectivity index (χ0v) is 10.5. The summed E-state index contributed by atoms with van der Waals surface area (Å²) < 4.78 is 72.6. The number of nitrogens with one attached hydrogen (secondary N) is 1. The average molecular weight is 315 g/mol. The van der Waals surface area contributed by atoms with E-state index in [-0.39, 0.29) is 17.2 Å². The van der Waals surface area contributed by atoms with Crippen LogP contribution in [0.25, 0.3) is 0 Å². The van der Waals surface area contributed by atoms with E-state index < -0.39 is 25.5 Å². The van der Waals surface area contributed by atoms with Crippen LogP contribution in [0.5, 0.6) is 11.5 Å². The van der Waals surface area contributed by atoms with Crippen molar-refractivity contribution >= 4 is 11.8 Å². The molecule has 0 radical (unpaired) electrons. The molecular formula is C11H10F5NO4. The summed E-state index contributed by atoms with van der Waals surface area (Å²) in [4.78, 5) is 11.1. The Labute approximate surface area is 115 Å². The zero-order valence-electron chi connectivity index (χ0n) is 10.5. The molecule has 0 spiro atoms. The highest BCUT2D eigenvalue weighted by molar-refractivity contribution is 5.85. The quantitative estimate of drug-likeness (QED) is 0.846. The van der Waals surface area contributed by atoms with Crippen molar-refractivity contribution in [1.82, 2.24) is 0 Å². The van der Waals surface area contributed by atoms with Gasteiger partial charge in [-0.05, 0) is 12.1 Å². The van der Waals surface area contributed by atoms with Gasteiger partial charge in [-0.25, -0.2) is 4.79 Å². The van der Waals surface area contributed by atoms with Crippen molar-refractivity contribution in [2.24, 2.45) is 0 Å². The summed E-state index contributed by atoms with van der Waals surface area (Å²) in [7, 11) is 1.21. The first-order valence-electron chi connectivity index (χ1n) is 5.34. The van der Waals surface area contributed by atoms with Crippen LogP contribution in [0.4, 0.5) is 32.4 Å². The van der Waals surface area contributed by atoms with Crippen molar-refractivity contribution in [3.63, 3.8) is 0 Å². The Morgan fingerprint density at radius 2 is 1.95 bits per heavy atom. The van der Waals surface area contributed by atoms with Crippen molar-refractivity contribution in [2.45, 2.75) is 12.8 Å². The molecule has 0 bridgehead atoms. The van der Waals surface area contributed by atoms with Crippen molar-refractivity contribution in [3.8, 4) is 11.5 Å². The Morgan fingerprint density at radius 1 is 1.29 bits per heavy atom. The van der Waals surface area contributed by atoms with Crippen molar-refractivity contribution in [3.05, 3.63) is 18.2 Å². The summed E-state index contributed by atoms with van der Waals surface area (Å²) in [5, 5.41) is 1.94. The van der Waals surface area contributed by atoms with Crippen molar-refractivity contribution in [2.75, 3.05) is 19.0 Å². The van der Waals surface area contributed by atoms with E-state index >= 15 is 0 Å². The second kappa shape index (κ2) is 6.95. The van der Waals surface area contributed by atoms with E-state index in [1.807, 2.05) is 5.32 Å². The number of amides is 1. The maximum atomic E-state index is 12.2. The van der Waals surface area contributed by atoms with E-state index in [1.165, 1.54) is 19.2 Å². The largest absolute Gasteiger partial charge is 0.493 e. The molecule has 118 valence electrons. The fraction of sp³-hybridized carbons (Fsp3) is 0.364. The van der Waals surface area contributed by atoms with E-state index in [0.29, 0.717) is 0 Å². The third-order valence-electron chi connectivity index (χ3n) is 1.99. The number of anilines is 1. The van der Waals surface area contributed by atoms with Gasteiger partial charge in [0.1, 0.15) is 0 Å². The van der Waals surface area contributed by atoms with E-state index in [1.54, 1.807) is 0 Å². The highest BCUT2D eigenvalue weighted by atomic mass is 19.4. The molecule has 0 saturated carbocycles. The average Bonchev–Trinajstić information content (AvgIpc) is 2.35. The number of benzene rings is 1. The minimum absolute atomic E-state index is 0.0375. The smallest absolute Gasteiger partial charge is 0.422 e. The van der Waals surface area contributed by atoms with E-state index in [4.69, 9.17) is 4.74 Å². The summed E-state index contributed by atoms with van der Waals surface area (Å²) in [6, 6.07) is 3.36. The van der Waals surface area contributed by atoms with Crippen LogP contribution in [0.2, 0.25) is 0 Å². The predicted octanol–water partition coefficient (Wildman–Crippen LogP) is 3.41. The molecule has 0 fully saturated rings. The third-order valence-corrected chi connectivity index (χ3v) is 1.99. The fourth-order valence-electron chi connectivity index (χ4n) is 1.24. The van der Waals surface area contributed by atoms with Crippen LogP contribution in [-0.2, 0) is 4.74 Å². The van der Waals surface area contributed by atoms with Crippen LogP contribution in [0, 0.1) is 0 Å². The number of methoxy groups -OCH3 is 1. The lowest BCUT2D eigenvalue weighted by atomic mass is 10.3. The Hall–Kier alpha value is -2.26. The number of rotatable bonds is 5. The first kappa shape index (κ1) is 16.8. The van der Waals surface area contributed by atoms with Crippen LogP contribution < -0.4 is 14.8 Å². The third kappa shape index (κ3) is 6.15. The summed E-state index contributed by atoms with van der Waals surface area (Å²) in [5.74, 6) is -0.425. The summed E-state index contributed by atoms with van der Waals surface area (Å²) in [5.41, 5.74) is -0.0985. The van der Waals surface area contributed by atoms with Gasteiger partial charge in [0.2, 0.25) is 0 Å². The molecule has 21 heavy (non-hydrogen) atoms. The van der Waals surface area contributed by atoms with Crippen LogP contribution in [-0.4, -0.2) is 32.6 Å². The lowest BCUT2D eigenvalue weighted by Gasteiger charge is -2.12. The molecule has 0 aliphatic carbocycles. The Kier molecular flexibility index (Phi) is 5.56. The highest BCUT2D eigenvalue weighted by Crippen LogP contribution is 2.31. The molecule has 5 nitrogen and oxygen atoms in total. The van der Waals surface area contributed by atoms with Crippen LogP contribution in [0.1, 0.15) is 0 Å².